The summed E-state index contributed by atoms with van der Waals surface area (Å²) in [6.45, 7) is 2.81. The van der Waals surface area contributed by atoms with Crippen molar-refractivity contribution in [2.75, 3.05) is 13.2 Å². The largest absolute Gasteiger partial charge is 0.492 e. The number of aromatic nitrogens is 2. The maximum Gasteiger partial charge on any atom is 0.316 e. The highest BCUT2D eigenvalue weighted by Gasteiger charge is 2.10. The highest BCUT2D eigenvalue weighted by molar-refractivity contribution is 5.97. The fraction of sp³-hybridized carbons (Fsp3) is 0.174. The second kappa shape index (κ2) is 8.24. The van der Waals surface area contributed by atoms with Crippen LogP contribution in [0.2, 0.25) is 0 Å². The Morgan fingerprint density at radius 2 is 1.83 bits per heavy atom. The van der Waals surface area contributed by atoms with Crippen molar-refractivity contribution in [2.24, 2.45) is 0 Å². The van der Waals surface area contributed by atoms with Crippen LogP contribution in [0.15, 0.2) is 70.3 Å². The molecule has 4 rings (SSSR count). The molecule has 1 aromatic heterocycles. The van der Waals surface area contributed by atoms with Crippen LogP contribution in [0, 0.1) is 0 Å². The van der Waals surface area contributed by atoms with Gasteiger partial charge < -0.3 is 19.6 Å². The Balaban J connectivity index is 1.41. The summed E-state index contributed by atoms with van der Waals surface area (Å²) in [6, 6.07) is 18.7. The molecule has 7 nitrogen and oxygen atoms in total. The summed E-state index contributed by atoms with van der Waals surface area (Å²) in [5, 5.41) is 5.03. The summed E-state index contributed by atoms with van der Waals surface area (Å²) < 4.78 is 7.11. The third-order valence-corrected chi connectivity index (χ3v) is 4.93. The summed E-state index contributed by atoms with van der Waals surface area (Å²) in [4.78, 5) is 38.7. The molecule has 0 bridgehead atoms. The summed E-state index contributed by atoms with van der Waals surface area (Å²) in [5.74, 6) is 0.456. The van der Waals surface area contributed by atoms with Gasteiger partial charge in [0.25, 0.3) is 5.91 Å². The van der Waals surface area contributed by atoms with E-state index in [0.717, 1.165) is 16.5 Å². The number of amides is 1. The molecule has 0 fully saturated rings. The number of benzene rings is 3. The maximum atomic E-state index is 12.5. The molecule has 0 unspecified atom stereocenters. The number of nitrogens with zero attached hydrogens (tertiary/aromatic N) is 1. The standard InChI is InChI=1S/C23H21N3O4/c1-2-26-20-10-8-17(14-19(20)25-22(28)23(26)29)21(27)24-11-12-30-18-9-7-15-5-3-4-6-16(15)13-18/h3-10,13-14H,2,11-12H2,1H3,(H,24,27)(H,25,28). The zero-order chi connectivity index (χ0) is 21.1. The number of fused-ring (bicyclic) bond motifs is 2. The van der Waals surface area contributed by atoms with Crippen molar-refractivity contribution < 1.29 is 9.53 Å². The molecule has 7 heteroatoms. The van der Waals surface area contributed by atoms with E-state index in [9.17, 15) is 14.4 Å². The van der Waals surface area contributed by atoms with E-state index in [4.69, 9.17) is 4.74 Å². The lowest BCUT2D eigenvalue weighted by Crippen LogP contribution is -2.36. The Morgan fingerprint density at radius 3 is 2.63 bits per heavy atom. The van der Waals surface area contributed by atoms with Crippen LogP contribution in [0.4, 0.5) is 0 Å². The molecule has 0 saturated carbocycles. The fourth-order valence-corrected chi connectivity index (χ4v) is 3.43. The van der Waals surface area contributed by atoms with Gasteiger partial charge in [0.1, 0.15) is 12.4 Å². The highest BCUT2D eigenvalue weighted by atomic mass is 16.5. The second-order valence-corrected chi connectivity index (χ2v) is 6.85. The molecule has 152 valence electrons. The summed E-state index contributed by atoms with van der Waals surface area (Å²) in [5.41, 5.74) is 0.115. The first-order valence-electron chi connectivity index (χ1n) is 9.73. The van der Waals surface area contributed by atoms with E-state index >= 15 is 0 Å². The first kappa shape index (κ1) is 19.4. The number of rotatable bonds is 6. The van der Waals surface area contributed by atoms with E-state index in [1.165, 1.54) is 4.57 Å². The molecule has 0 saturated heterocycles. The molecule has 2 N–H and O–H groups in total. The Bertz CT molecular complexity index is 1350. The molecule has 1 heterocycles. The Labute approximate surface area is 171 Å². The van der Waals surface area contributed by atoms with Gasteiger partial charge in [-0.25, -0.2) is 0 Å². The van der Waals surface area contributed by atoms with Crippen LogP contribution in [0.1, 0.15) is 17.3 Å². The van der Waals surface area contributed by atoms with E-state index in [2.05, 4.69) is 10.3 Å². The van der Waals surface area contributed by atoms with Gasteiger partial charge in [-0.15, -0.1) is 0 Å². The average Bonchev–Trinajstić information content (AvgIpc) is 2.77. The van der Waals surface area contributed by atoms with Gasteiger partial charge in [0.15, 0.2) is 0 Å². The van der Waals surface area contributed by atoms with Crippen LogP contribution >= 0.6 is 0 Å². The maximum absolute atomic E-state index is 12.5. The number of ether oxygens (including phenoxy) is 1. The predicted octanol–water partition coefficient (Wildman–Crippen LogP) is 2.67. The van der Waals surface area contributed by atoms with Gasteiger partial charge in [0.2, 0.25) is 0 Å². The van der Waals surface area contributed by atoms with Crippen molar-refractivity contribution in [3.05, 3.63) is 86.9 Å². The molecule has 3 aromatic carbocycles. The molecule has 30 heavy (non-hydrogen) atoms. The molecule has 0 aliphatic heterocycles. The number of hydrogen-bond acceptors (Lipinski definition) is 4. The lowest BCUT2D eigenvalue weighted by molar-refractivity contribution is 0.0947. The van der Waals surface area contributed by atoms with Gasteiger partial charge in [0, 0.05) is 12.1 Å². The van der Waals surface area contributed by atoms with E-state index in [0.29, 0.717) is 36.3 Å². The summed E-state index contributed by atoms with van der Waals surface area (Å²) in [7, 11) is 0. The van der Waals surface area contributed by atoms with Gasteiger partial charge in [-0.05, 0) is 48.0 Å². The minimum atomic E-state index is -0.703. The Morgan fingerprint density at radius 1 is 1.03 bits per heavy atom. The van der Waals surface area contributed by atoms with Crippen molar-refractivity contribution in [1.82, 2.24) is 14.9 Å². The number of aryl methyl sites for hydroxylation is 1. The van der Waals surface area contributed by atoms with E-state index in [1.807, 2.05) is 42.5 Å². The number of nitrogens with one attached hydrogen (secondary N) is 2. The monoisotopic (exact) mass is 403 g/mol. The minimum absolute atomic E-state index is 0.283. The van der Waals surface area contributed by atoms with Crippen LogP contribution in [0.3, 0.4) is 0 Å². The smallest absolute Gasteiger partial charge is 0.316 e. The van der Waals surface area contributed by atoms with E-state index in [1.54, 1.807) is 25.1 Å². The molecular formula is C23H21N3O4. The van der Waals surface area contributed by atoms with Crippen molar-refractivity contribution >= 4 is 27.7 Å². The normalized spacial score (nSPS) is 11.0. The van der Waals surface area contributed by atoms with Crippen LogP contribution in [0.25, 0.3) is 21.8 Å². The lowest BCUT2D eigenvalue weighted by Gasteiger charge is -2.10. The summed E-state index contributed by atoms with van der Waals surface area (Å²) >= 11 is 0. The quantitative estimate of drug-likeness (QED) is 0.382. The topological polar surface area (TPSA) is 93.2 Å². The zero-order valence-corrected chi connectivity index (χ0v) is 16.5. The summed E-state index contributed by atoms with van der Waals surface area (Å²) in [6.07, 6.45) is 0. The first-order valence-corrected chi connectivity index (χ1v) is 9.73. The molecular weight excluding hydrogens is 382 g/mol. The highest BCUT2D eigenvalue weighted by Crippen LogP contribution is 2.20. The molecule has 4 aromatic rings. The predicted molar refractivity (Wildman–Crippen MR) is 116 cm³/mol. The molecule has 1 amide bonds. The van der Waals surface area contributed by atoms with Crippen LogP contribution < -0.4 is 21.2 Å². The fourth-order valence-electron chi connectivity index (χ4n) is 3.43. The van der Waals surface area contributed by atoms with Gasteiger partial charge in [-0.3, -0.25) is 14.4 Å². The van der Waals surface area contributed by atoms with Crippen molar-refractivity contribution in [1.29, 1.82) is 0 Å². The average molecular weight is 403 g/mol. The van der Waals surface area contributed by atoms with Crippen LogP contribution in [-0.2, 0) is 6.54 Å². The second-order valence-electron chi connectivity index (χ2n) is 6.85. The Hall–Kier alpha value is -3.87. The molecule has 0 spiro atoms. The van der Waals surface area contributed by atoms with Gasteiger partial charge >= 0.3 is 11.1 Å². The van der Waals surface area contributed by atoms with Crippen molar-refractivity contribution in [3.63, 3.8) is 0 Å². The van der Waals surface area contributed by atoms with Gasteiger partial charge in [-0.2, -0.15) is 0 Å². The lowest BCUT2D eigenvalue weighted by atomic mass is 10.1. The third-order valence-electron chi connectivity index (χ3n) is 4.93. The molecule has 0 radical (unpaired) electrons. The van der Waals surface area contributed by atoms with E-state index < -0.39 is 11.1 Å². The third kappa shape index (κ3) is 3.82. The van der Waals surface area contributed by atoms with Crippen LogP contribution in [0.5, 0.6) is 5.75 Å². The molecule has 0 atom stereocenters. The molecule has 0 aliphatic carbocycles. The minimum Gasteiger partial charge on any atom is -0.492 e. The van der Waals surface area contributed by atoms with Gasteiger partial charge in [-0.1, -0.05) is 30.3 Å². The SMILES string of the molecule is CCn1c(=O)c(=O)[nH]c2cc(C(=O)NCCOc3ccc4ccccc4c3)ccc21. The Kier molecular flexibility index (Phi) is 5.34. The van der Waals surface area contributed by atoms with Crippen molar-refractivity contribution in [3.8, 4) is 5.75 Å². The van der Waals surface area contributed by atoms with Gasteiger partial charge in [0.05, 0.1) is 17.6 Å². The number of carbonyl (C=O) groups is 1. The number of H-pyrrole nitrogens is 1. The number of carbonyl (C=O) groups excluding carboxylic acids is 1. The molecule has 0 aliphatic rings. The zero-order valence-electron chi connectivity index (χ0n) is 16.5. The first-order chi connectivity index (χ1) is 14.6. The number of aromatic amines is 1. The van der Waals surface area contributed by atoms with E-state index in [-0.39, 0.29) is 5.91 Å². The number of hydrogen-bond donors (Lipinski definition) is 2. The van der Waals surface area contributed by atoms with Crippen molar-refractivity contribution in [2.45, 2.75) is 13.5 Å². The van der Waals surface area contributed by atoms with Crippen LogP contribution in [-0.4, -0.2) is 28.6 Å².